The van der Waals surface area contributed by atoms with E-state index in [1.54, 1.807) is 30.9 Å². The zero-order chi connectivity index (χ0) is 10.3. The van der Waals surface area contributed by atoms with Gasteiger partial charge in [-0.15, -0.1) is 0 Å². The Morgan fingerprint density at radius 3 is 2.71 bits per heavy atom. The van der Waals surface area contributed by atoms with Gasteiger partial charge in [0.05, 0.1) is 5.69 Å². The molecule has 0 bridgehead atoms. The third kappa shape index (κ3) is 1.14. The van der Waals surface area contributed by atoms with E-state index in [0.29, 0.717) is 0 Å². The molecule has 2 rings (SSSR count). The van der Waals surface area contributed by atoms with Gasteiger partial charge in [0.15, 0.2) is 0 Å². The molecule has 0 aliphatic heterocycles. The molecule has 0 aromatic carbocycles. The first-order valence-electron chi connectivity index (χ1n) is 4.78. The maximum absolute atomic E-state index is 11.3. The molecule has 1 N–H and O–H groups in total. The number of aromatic nitrogens is 2. The Bertz CT molecular complexity index is 368. The van der Waals surface area contributed by atoms with Gasteiger partial charge >= 0.3 is 5.97 Å². The van der Waals surface area contributed by atoms with E-state index in [-0.39, 0.29) is 5.92 Å². The summed E-state index contributed by atoms with van der Waals surface area (Å²) in [5.74, 6) is -0.473. The lowest BCUT2D eigenvalue weighted by molar-refractivity contribution is -0.144. The first-order valence-corrected chi connectivity index (χ1v) is 4.78. The van der Waals surface area contributed by atoms with Crippen LogP contribution in [0.25, 0.3) is 0 Å². The van der Waals surface area contributed by atoms with Crippen LogP contribution in [0, 0.1) is 5.92 Å². The molecule has 14 heavy (non-hydrogen) atoms. The molecule has 1 aliphatic rings. The van der Waals surface area contributed by atoms with Crippen molar-refractivity contribution in [2.75, 3.05) is 0 Å². The summed E-state index contributed by atoms with van der Waals surface area (Å²) in [4.78, 5) is 11.3. The summed E-state index contributed by atoms with van der Waals surface area (Å²) in [5.41, 5.74) is 0.0399. The average molecular weight is 194 g/mol. The Kier molecular flexibility index (Phi) is 1.87. The number of aryl methyl sites for hydroxylation is 1. The molecule has 1 heterocycles. The fraction of sp³-hybridized carbons (Fsp3) is 0.600. The van der Waals surface area contributed by atoms with E-state index in [0.717, 1.165) is 18.5 Å². The molecule has 1 atom stereocenters. The minimum absolute atomic E-state index is 0.274. The Hall–Kier alpha value is -1.32. The van der Waals surface area contributed by atoms with Crippen molar-refractivity contribution in [3.8, 4) is 0 Å². The molecule has 0 radical (unpaired) electrons. The number of carboxylic acid groups (broad SMARTS) is 1. The highest BCUT2D eigenvalue weighted by Crippen LogP contribution is 2.47. The van der Waals surface area contributed by atoms with E-state index in [4.69, 9.17) is 0 Å². The lowest BCUT2D eigenvalue weighted by atomic mass is 9.81. The fourth-order valence-corrected chi connectivity index (χ4v) is 2.04. The molecule has 0 spiro atoms. The van der Waals surface area contributed by atoms with Crippen LogP contribution in [0.15, 0.2) is 12.3 Å². The second kappa shape index (κ2) is 2.83. The number of nitrogens with zero attached hydrogens (tertiary/aromatic N) is 2. The number of aliphatic carboxylic acids is 1. The third-order valence-corrected chi connectivity index (χ3v) is 3.19. The smallest absolute Gasteiger partial charge is 0.315 e. The summed E-state index contributed by atoms with van der Waals surface area (Å²) in [6, 6.07) is 1.80. The minimum Gasteiger partial charge on any atom is -0.481 e. The van der Waals surface area contributed by atoms with Crippen LogP contribution in [0.4, 0.5) is 0 Å². The monoisotopic (exact) mass is 194 g/mol. The largest absolute Gasteiger partial charge is 0.481 e. The molecule has 76 valence electrons. The van der Waals surface area contributed by atoms with Crippen molar-refractivity contribution >= 4 is 5.97 Å². The zero-order valence-corrected chi connectivity index (χ0v) is 8.40. The number of hydrogen-bond acceptors (Lipinski definition) is 2. The van der Waals surface area contributed by atoms with Gasteiger partial charge in [0.1, 0.15) is 5.41 Å². The SMILES string of the molecule is Cn1nccc1C(C)(C(=O)O)C1CC1. The number of carboxylic acids is 1. The topological polar surface area (TPSA) is 55.1 Å². The van der Waals surface area contributed by atoms with Gasteiger partial charge in [-0.1, -0.05) is 0 Å². The second-order valence-corrected chi connectivity index (χ2v) is 4.12. The van der Waals surface area contributed by atoms with Crippen molar-refractivity contribution in [2.45, 2.75) is 25.2 Å². The lowest BCUT2D eigenvalue weighted by Crippen LogP contribution is -2.36. The van der Waals surface area contributed by atoms with E-state index in [1.165, 1.54) is 0 Å². The quantitative estimate of drug-likeness (QED) is 0.785. The summed E-state index contributed by atoms with van der Waals surface area (Å²) in [5, 5.41) is 13.3. The van der Waals surface area contributed by atoms with Crippen LogP contribution in [0.2, 0.25) is 0 Å². The van der Waals surface area contributed by atoms with Crippen molar-refractivity contribution < 1.29 is 9.90 Å². The highest BCUT2D eigenvalue weighted by atomic mass is 16.4. The average Bonchev–Trinajstić information content (AvgIpc) is 2.88. The standard InChI is InChI=1S/C10H14N2O2/c1-10(9(13)14,7-3-4-7)8-5-6-11-12(8)2/h5-7H,3-4H2,1-2H3,(H,13,14). The normalized spacial score (nSPS) is 20.4. The van der Waals surface area contributed by atoms with Gasteiger partial charge in [-0.25, -0.2) is 0 Å². The van der Waals surface area contributed by atoms with E-state index in [2.05, 4.69) is 5.10 Å². The second-order valence-electron chi connectivity index (χ2n) is 4.12. The van der Waals surface area contributed by atoms with Crippen molar-refractivity contribution in [1.82, 2.24) is 9.78 Å². The van der Waals surface area contributed by atoms with Crippen LogP contribution < -0.4 is 0 Å². The van der Waals surface area contributed by atoms with Crippen molar-refractivity contribution in [3.63, 3.8) is 0 Å². The molecular weight excluding hydrogens is 180 g/mol. The van der Waals surface area contributed by atoms with E-state index >= 15 is 0 Å². The van der Waals surface area contributed by atoms with Crippen LogP contribution in [0.1, 0.15) is 25.5 Å². The molecule has 1 saturated carbocycles. The van der Waals surface area contributed by atoms with Gasteiger partial charge in [0, 0.05) is 13.2 Å². The van der Waals surface area contributed by atoms with Crippen LogP contribution in [-0.2, 0) is 17.3 Å². The van der Waals surface area contributed by atoms with Crippen molar-refractivity contribution in [1.29, 1.82) is 0 Å². The molecule has 4 heteroatoms. The predicted octanol–water partition coefficient (Wildman–Crippen LogP) is 1.17. The fourth-order valence-electron chi connectivity index (χ4n) is 2.04. The highest BCUT2D eigenvalue weighted by molar-refractivity contribution is 5.81. The molecule has 1 aromatic heterocycles. The molecule has 1 fully saturated rings. The number of carbonyl (C=O) groups is 1. The van der Waals surface area contributed by atoms with Gasteiger partial charge < -0.3 is 5.11 Å². The lowest BCUT2D eigenvalue weighted by Gasteiger charge is -2.24. The van der Waals surface area contributed by atoms with E-state index < -0.39 is 11.4 Å². The zero-order valence-electron chi connectivity index (χ0n) is 8.40. The number of hydrogen-bond donors (Lipinski definition) is 1. The van der Waals surface area contributed by atoms with Gasteiger partial charge in [0.2, 0.25) is 0 Å². The summed E-state index contributed by atoms with van der Waals surface area (Å²) in [6.45, 7) is 1.80. The summed E-state index contributed by atoms with van der Waals surface area (Å²) < 4.78 is 1.66. The van der Waals surface area contributed by atoms with Crippen LogP contribution in [0.5, 0.6) is 0 Å². The summed E-state index contributed by atoms with van der Waals surface area (Å²) in [6.07, 6.45) is 3.67. The molecule has 0 saturated heterocycles. The minimum atomic E-state index is -0.759. The van der Waals surface area contributed by atoms with Crippen LogP contribution in [-0.4, -0.2) is 20.9 Å². The molecule has 4 nitrogen and oxygen atoms in total. The van der Waals surface area contributed by atoms with Crippen molar-refractivity contribution in [3.05, 3.63) is 18.0 Å². The number of rotatable bonds is 3. The maximum atomic E-state index is 11.3. The van der Waals surface area contributed by atoms with E-state index in [1.807, 2.05) is 0 Å². The van der Waals surface area contributed by atoms with Gasteiger partial charge in [-0.2, -0.15) is 5.10 Å². The van der Waals surface area contributed by atoms with E-state index in [9.17, 15) is 9.90 Å². The molecule has 1 unspecified atom stereocenters. The van der Waals surface area contributed by atoms with Gasteiger partial charge in [-0.3, -0.25) is 9.48 Å². The summed E-state index contributed by atoms with van der Waals surface area (Å²) in [7, 11) is 1.79. The Balaban J connectivity index is 2.45. The summed E-state index contributed by atoms with van der Waals surface area (Å²) >= 11 is 0. The first kappa shape index (κ1) is 9.24. The molecule has 1 aliphatic carbocycles. The first-order chi connectivity index (χ1) is 6.56. The Labute approximate surface area is 82.5 Å². The molecule has 0 amide bonds. The van der Waals surface area contributed by atoms with Crippen LogP contribution in [0.3, 0.4) is 0 Å². The highest BCUT2D eigenvalue weighted by Gasteiger charge is 2.50. The Morgan fingerprint density at radius 1 is 1.71 bits per heavy atom. The van der Waals surface area contributed by atoms with Gasteiger partial charge in [0.25, 0.3) is 0 Å². The maximum Gasteiger partial charge on any atom is 0.315 e. The molecular formula is C10H14N2O2. The Morgan fingerprint density at radius 2 is 2.36 bits per heavy atom. The van der Waals surface area contributed by atoms with Crippen molar-refractivity contribution in [2.24, 2.45) is 13.0 Å². The molecule has 1 aromatic rings. The predicted molar refractivity (Wildman–Crippen MR) is 50.9 cm³/mol. The third-order valence-electron chi connectivity index (χ3n) is 3.19. The van der Waals surface area contributed by atoms with Gasteiger partial charge in [-0.05, 0) is 31.7 Å². The van der Waals surface area contributed by atoms with Crippen LogP contribution >= 0.6 is 0 Å².